The van der Waals surface area contributed by atoms with Gasteiger partial charge in [-0.15, -0.1) is 0 Å². The highest BCUT2D eigenvalue weighted by molar-refractivity contribution is 6.05. The van der Waals surface area contributed by atoms with Crippen molar-refractivity contribution in [2.75, 3.05) is 13.2 Å². The molecule has 0 fully saturated rings. The molecule has 0 aromatic carbocycles. The number of rotatable bonds is 7. The topological polar surface area (TPSA) is 80.0 Å². The van der Waals surface area contributed by atoms with Gasteiger partial charge in [-0.3, -0.25) is 4.79 Å². The zero-order chi connectivity index (χ0) is 17.9. The van der Waals surface area contributed by atoms with Gasteiger partial charge in [-0.25, -0.2) is 9.67 Å². The summed E-state index contributed by atoms with van der Waals surface area (Å²) in [6.45, 7) is 10.9. The van der Waals surface area contributed by atoms with Crippen LogP contribution in [0.5, 0.6) is 0 Å². The first-order valence-corrected chi connectivity index (χ1v) is 8.62. The van der Waals surface area contributed by atoms with Gasteiger partial charge in [0, 0.05) is 24.9 Å². The highest BCUT2D eigenvalue weighted by atomic mass is 16.3. The van der Waals surface area contributed by atoms with E-state index in [-0.39, 0.29) is 30.4 Å². The highest BCUT2D eigenvalue weighted by Gasteiger charge is 2.19. The molecule has 2 heterocycles. The fourth-order valence-corrected chi connectivity index (χ4v) is 2.58. The molecular formula is C18H28N4O2. The van der Waals surface area contributed by atoms with Gasteiger partial charge in [-0.2, -0.15) is 5.10 Å². The van der Waals surface area contributed by atoms with Crippen molar-refractivity contribution < 1.29 is 9.90 Å². The van der Waals surface area contributed by atoms with Crippen molar-refractivity contribution in [3.8, 4) is 0 Å². The van der Waals surface area contributed by atoms with Crippen LogP contribution in [0.2, 0.25) is 0 Å². The predicted molar refractivity (Wildman–Crippen MR) is 95.2 cm³/mol. The molecule has 2 rings (SSSR count). The van der Waals surface area contributed by atoms with Crippen LogP contribution in [-0.2, 0) is 0 Å². The fourth-order valence-electron chi connectivity index (χ4n) is 2.58. The number of pyridine rings is 1. The number of nitrogens with zero attached hydrogens (tertiary/aromatic N) is 3. The largest absolute Gasteiger partial charge is 0.396 e. The summed E-state index contributed by atoms with van der Waals surface area (Å²) in [5.74, 6) is 0.349. The molecule has 0 bridgehead atoms. The smallest absolute Gasteiger partial charge is 0.252 e. The first-order chi connectivity index (χ1) is 11.3. The summed E-state index contributed by atoms with van der Waals surface area (Å²) in [6.07, 6.45) is 2.40. The van der Waals surface area contributed by atoms with Crippen molar-refractivity contribution in [1.82, 2.24) is 20.1 Å². The van der Waals surface area contributed by atoms with E-state index in [4.69, 9.17) is 10.1 Å². The van der Waals surface area contributed by atoms with Crippen molar-refractivity contribution >= 4 is 16.9 Å². The molecule has 0 aliphatic carbocycles. The summed E-state index contributed by atoms with van der Waals surface area (Å²) < 4.78 is 1.85. The van der Waals surface area contributed by atoms with Gasteiger partial charge in [0.05, 0.1) is 17.1 Å². The van der Waals surface area contributed by atoms with E-state index in [0.29, 0.717) is 18.5 Å². The molecule has 0 aliphatic rings. The van der Waals surface area contributed by atoms with E-state index < -0.39 is 0 Å². The number of amides is 1. The summed E-state index contributed by atoms with van der Waals surface area (Å²) in [5.41, 5.74) is 2.26. The summed E-state index contributed by atoms with van der Waals surface area (Å²) >= 11 is 0. The molecule has 24 heavy (non-hydrogen) atoms. The number of fused-ring (bicyclic) bond motifs is 1. The fraction of sp³-hybridized carbons (Fsp3) is 0.611. The number of aliphatic hydroxyl groups excluding tert-OH is 1. The standard InChI is InChI=1S/C18H28N4O2/c1-11(2)16-8-14(18(24)19-9-13(5)6-7-23)15-10-20-22(12(3)4)17(15)21-16/h8,10-13,23H,6-7,9H2,1-5H3,(H,19,24). The maximum atomic E-state index is 12.7. The predicted octanol–water partition coefficient (Wildman–Crippen LogP) is 2.88. The second-order valence-corrected chi connectivity index (χ2v) is 7.00. The van der Waals surface area contributed by atoms with Crippen LogP contribution in [0.25, 0.3) is 11.0 Å². The Morgan fingerprint density at radius 3 is 2.58 bits per heavy atom. The monoisotopic (exact) mass is 332 g/mol. The summed E-state index contributed by atoms with van der Waals surface area (Å²) in [6, 6.07) is 2.05. The summed E-state index contributed by atoms with van der Waals surface area (Å²) in [5, 5.41) is 17.1. The average molecular weight is 332 g/mol. The number of carbonyl (C=O) groups is 1. The Labute approximate surface area is 143 Å². The van der Waals surface area contributed by atoms with Crippen molar-refractivity contribution in [2.45, 2.75) is 53.0 Å². The van der Waals surface area contributed by atoms with Gasteiger partial charge in [0.15, 0.2) is 5.65 Å². The third-order valence-corrected chi connectivity index (χ3v) is 4.14. The molecule has 2 aromatic rings. The average Bonchev–Trinajstić information content (AvgIpc) is 2.95. The number of hydrogen-bond acceptors (Lipinski definition) is 4. The number of carbonyl (C=O) groups excluding carboxylic acids is 1. The van der Waals surface area contributed by atoms with E-state index in [0.717, 1.165) is 16.7 Å². The van der Waals surface area contributed by atoms with Gasteiger partial charge in [-0.05, 0) is 38.2 Å². The molecule has 0 saturated carbocycles. The summed E-state index contributed by atoms with van der Waals surface area (Å²) in [7, 11) is 0. The Balaban J connectivity index is 2.39. The molecule has 132 valence electrons. The van der Waals surface area contributed by atoms with Crippen LogP contribution in [0.4, 0.5) is 0 Å². The quantitative estimate of drug-likeness (QED) is 0.817. The van der Waals surface area contributed by atoms with Crippen LogP contribution in [0, 0.1) is 5.92 Å². The normalized spacial score (nSPS) is 13.0. The van der Waals surface area contributed by atoms with Gasteiger partial charge < -0.3 is 10.4 Å². The Kier molecular flexibility index (Phi) is 5.94. The Hall–Kier alpha value is -1.95. The maximum absolute atomic E-state index is 12.7. The van der Waals surface area contributed by atoms with Gasteiger partial charge >= 0.3 is 0 Å². The van der Waals surface area contributed by atoms with Crippen molar-refractivity contribution in [3.05, 3.63) is 23.5 Å². The number of hydrogen-bond donors (Lipinski definition) is 2. The molecule has 0 radical (unpaired) electrons. The number of aromatic nitrogens is 3. The molecule has 2 N–H and O–H groups in total. The lowest BCUT2D eigenvalue weighted by Crippen LogP contribution is -2.29. The first kappa shape index (κ1) is 18.4. The molecule has 0 aliphatic heterocycles. The first-order valence-electron chi connectivity index (χ1n) is 8.62. The molecule has 1 atom stereocenters. The van der Waals surface area contributed by atoms with E-state index in [2.05, 4.69) is 24.3 Å². The highest BCUT2D eigenvalue weighted by Crippen LogP contribution is 2.24. The molecule has 6 heteroatoms. The van der Waals surface area contributed by atoms with Crippen LogP contribution < -0.4 is 5.32 Å². The number of aliphatic hydroxyl groups is 1. The minimum atomic E-state index is -0.114. The van der Waals surface area contributed by atoms with Gasteiger partial charge in [0.2, 0.25) is 0 Å². The van der Waals surface area contributed by atoms with Gasteiger partial charge in [-0.1, -0.05) is 20.8 Å². The van der Waals surface area contributed by atoms with E-state index in [9.17, 15) is 4.79 Å². The molecule has 0 saturated heterocycles. The molecule has 0 spiro atoms. The van der Waals surface area contributed by atoms with Crippen LogP contribution in [0.3, 0.4) is 0 Å². The second-order valence-electron chi connectivity index (χ2n) is 7.00. The van der Waals surface area contributed by atoms with E-state index in [1.54, 1.807) is 6.20 Å². The lowest BCUT2D eigenvalue weighted by atomic mass is 10.0. The lowest BCUT2D eigenvalue weighted by molar-refractivity contribution is 0.0947. The van der Waals surface area contributed by atoms with Gasteiger partial charge in [0.1, 0.15) is 0 Å². The third kappa shape index (κ3) is 3.93. The molecule has 6 nitrogen and oxygen atoms in total. The summed E-state index contributed by atoms with van der Waals surface area (Å²) in [4.78, 5) is 17.4. The van der Waals surface area contributed by atoms with Crippen molar-refractivity contribution in [3.63, 3.8) is 0 Å². The SMILES string of the molecule is CC(CCO)CNC(=O)c1cc(C(C)C)nc2c1cnn2C(C)C. The lowest BCUT2D eigenvalue weighted by Gasteiger charge is -2.14. The van der Waals surface area contributed by atoms with Crippen LogP contribution in [-0.4, -0.2) is 38.9 Å². The Bertz CT molecular complexity index is 706. The maximum Gasteiger partial charge on any atom is 0.252 e. The van der Waals surface area contributed by atoms with Crippen LogP contribution in [0.15, 0.2) is 12.3 Å². The number of nitrogens with one attached hydrogen (secondary N) is 1. The molecule has 2 aromatic heterocycles. The van der Waals surface area contributed by atoms with Crippen molar-refractivity contribution in [1.29, 1.82) is 0 Å². The van der Waals surface area contributed by atoms with E-state index >= 15 is 0 Å². The second kappa shape index (κ2) is 7.75. The van der Waals surface area contributed by atoms with E-state index in [1.807, 2.05) is 31.5 Å². The van der Waals surface area contributed by atoms with Crippen LogP contribution >= 0.6 is 0 Å². The van der Waals surface area contributed by atoms with E-state index in [1.165, 1.54) is 0 Å². The van der Waals surface area contributed by atoms with Crippen molar-refractivity contribution in [2.24, 2.45) is 5.92 Å². The Morgan fingerprint density at radius 1 is 1.29 bits per heavy atom. The molecule has 1 unspecified atom stereocenters. The molecule has 1 amide bonds. The zero-order valence-electron chi connectivity index (χ0n) is 15.2. The minimum Gasteiger partial charge on any atom is -0.396 e. The third-order valence-electron chi connectivity index (χ3n) is 4.14. The Morgan fingerprint density at radius 2 is 2.00 bits per heavy atom. The molecular weight excluding hydrogens is 304 g/mol. The minimum absolute atomic E-state index is 0.114. The van der Waals surface area contributed by atoms with Crippen LogP contribution in [0.1, 0.15) is 69.1 Å². The zero-order valence-corrected chi connectivity index (χ0v) is 15.2. The van der Waals surface area contributed by atoms with Gasteiger partial charge in [0.25, 0.3) is 5.91 Å².